The van der Waals surface area contributed by atoms with Gasteiger partial charge in [-0.2, -0.15) is 0 Å². The number of benzene rings is 2. The lowest BCUT2D eigenvalue weighted by molar-refractivity contribution is 0.0389. The maximum Gasteiger partial charge on any atom is 0.255 e. The van der Waals surface area contributed by atoms with Crippen LogP contribution in [-0.2, 0) is 4.74 Å². The van der Waals surface area contributed by atoms with Crippen LogP contribution in [0.25, 0.3) is 0 Å². The Hall–Kier alpha value is -2.68. The summed E-state index contributed by atoms with van der Waals surface area (Å²) in [5.74, 6) is 0.570. The van der Waals surface area contributed by atoms with Crippen LogP contribution in [0.3, 0.4) is 0 Å². The number of carbonyl (C=O) groups is 1. The first-order chi connectivity index (χ1) is 14.1. The average Bonchev–Trinajstić information content (AvgIpc) is 2.75. The standard InChI is InChI=1S/C21H26N4O3S/c1-27-19-8-6-17(7-9-19)23-20(26)16-2-4-18(5-3-16)24-21(29)22-10-11-25-12-14-28-15-13-25/h2-9H,10-15H2,1H3,(H,23,26)(H2,22,24,29). The van der Waals surface area contributed by atoms with E-state index in [2.05, 4.69) is 20.9 Å². The highest BCUT2D eigenvalue weighted by molar-refractivity contribution is 7.80. The highest BCUT2D eigenvalue weighted by Crippen LogP contribution is 2.16. The maximum atomic E-state index is 12.4. The number of nitrogens with zero attached hydrogens (tertiary/aromatic N) is 1. The topological polar surface area (TPSA) is 74.9 Å². The van der Waals surface area contributed by atoms with E-state index in [1.807, 2.05) is 12.1 Å². The summed E-state index contributed by atoms with van der Waals surface area (Å²) in [5.41, 5.74) is 2.11. The monoisotopic (exact) mass is 414 g/mol. The fourth-order valence-corrected chi connectivity index (χ4v) is 3.13. The number of hydrogen-bond acceptors (Lipinski definition) is 5. The Morgan fingerprint density at radius 2 is 1.66 bits per heavy atom. The summed E-state index contributed by atoms with van der Waals surface area (Å²) in [7, 11) is 1.61. The van der Waals surface area contributed by atoms with Gasteiger partial charge in [0.2, 0.25) is 0 Å². The third-order valence-corrected chi connectivity index (χ3v) is 4.82. The molecule has 3 N–H and O–H groups in total. The number of carbonyl (C=O) groups excluding carboxylic acids is 1. The van der Waals surface area contributed by atoms with Gasteiger partial charge in [0.15, 0.2) is 5.11 Å². The smallest absolute Gasteiger partial charge is 0.255 e. The van der Waals surface area contributed by atoms with E-state index in [9.17, 15) is 4.79 Å². The van der Waals surface area contributed by atoms with Crippen molar-refractivity contribution in [1.29, 1.82) is 0 Å². The highest BCUT2D eigenvalue weighted by Gasteiger charge is 2.10. The molecular weight excluding hydrogens is 388 g/mol. The van der Waals surface area contributed by atoms with E-state index in [0.29, 0.717) is 16.4 Å². The van der Waals surface area contributed by atoms with Crippen LogP contribution >= 0.6 is 12.2 Å². The van der Waals surface area contributed by atoms with Gasteiger partial charge >= 0.3 is 0 Å². The summed E-state index contributed by atoms with van der Waals surface area (Å²) in [6.07, 6.45) is 0. The van der Waals surface area contributed by atoms with Crippen molar-refractivity contribution in [2.24, 2.45) is 0 Å². The maximum absolute atomic E-state index is 12.4. The van der Waals surface area contributed by atoms with E-state index < -0.39 is 0 Å². The van der Waals surface area contributed by atoms with Crippen LogP contribution in [-0.4, -0.2) is 62.4 Å². The molecule has 1 aliphatic heterocycles. The van der Waals surface area contributed by atoms with Crippen molar-refractivity contribution in [3.8, 4) is 5.75 Å². The second-order valence-corrected chi connectivity index (χ2v) is 7.00. The van der Waals surface area contributed by atoms with Gasteiger partial charge < -0.3 is 25.4 Å². The molecule has 8 heteroatoms. The highest BCUT2D eigenvalue weighted by atomic mass is 32.1. The number of nitrogens with one attached hydrogen (secondary N) is 3. The number of methoxy groups -OCH3 is 1. The Morgan fingerprint density at radius 3 is 2.31 bits per heavy atom. The molecule has 1 amide bonds. The molecule has 154 valence electrons. The van der Waals surface area contributed by atoms with E-state index in [1.165, 1.54) is 0 Å². The molecule has 3 rings (SSSR count). The van der Waals surface area contributed by atoms with E-state index in [4.69, 9.17) is 21.7 Å². The molecule has 0 spiro atoms. The number of morpholine rings is 1. The molecule has 0 unspecified atom stereocenters. The van der Waals surface area contributed by atoms with Gasteiger partial charge in [-0.05, 0) is 60.7 Å². The molecule has 0 aliphatic carbocycles. The van der Waals surface area contributed by atoms with Crippen molar-refractivity contribution in [2.45, 2.75) is 0 Å². The summed E-state index contributed by atoms with van der Waals surface area (Å²) in [4.78, 5) is 14.7. The van der Waals surface area contributed by atoms with Crippen molar-refractivity contribution in [2.75, 3.05) is 57.1 Å². The van der Waals surface area contributed by atoms with E-state index in [0.717, 1.165) is 50.8 Å². The lowest BCUT2D eigenvalue weighted by Crippen LogP contribution is -2.42. The van der Waals surface area contributed by atoms with Gasteiger partial charge in [0.25, 0.3) is 5.91 Å². The molecule has 0 atom stereocenters. The zero-order valence-electron chi connectivity index (χ0n) is 16.4. The number of anilines is 2. The molecule has 7 nitrogen and oxygen atoms in total. The van der Waals surface area contributed by atoms with Crippen molar-refractivity contribution in [3.05, 3.63) is 54.1 Å². The predicted octanol–water partition coefficient (Wildman–Crippen LogP) is 2.57. The third kappa shape index (κ3) is 6.70. The summed E-state index contributed by atoms with van der Waals surface area (Å²) in [6, 6.07) is 14.4. The van der Waals surface area contributed by atoms with Gasteiger partial charge in [0, 0.05) is 43.1 Å². The number of rotatable bonds is 7. The van der Waals surface area contributed by atoms with Crippen LogP contribution in [0.2, 0.25) is 0 Å². The van der Waals surface area contributed by atoms with Crippen LogP contribution in [0.4, 0.5) is 11.4 Å². The minimum atomic E-state index is -0.173. The first kappa shape index (κ1) is 21.0. The van der Waals surface area contributed by atoms with Gasteiger partial charge in [-0.25, -0.2) is 0 Å². The van der Waals surface area contributed by atoms with Gasteiger partial charge in [-0.1, -0.05) is 0 Å². The van der Waals surface area contributed by atoms with Crippen molar-refractivity contribution >= 4 is 34.6 Å². The fourth-order valence-electron chi connectivity index (χ4n) is 2.91. The largest absolute Gasteiger partial charge is 0.497 e. The molecule has 1 heterocycles. The Labute approximate surface area is 176 Å². The second kappa shape index (κ2) is 10.8. The summed E-state index contributed by atoms with van der Waals surface area (Å²) in [5, 5.41) is 9.77. The zero-order valence-corrected chi connectivity index (χ0v) is 17.3. The first-order valence-corrected chi connectivity index (χ1v) is 9.95. The van der Waals surface area contributed by atoms with E-state index in [1.54, 1.807) is 43.5 Å². The average molecular weight is 415 g/mol. The molecular formula is C21H26N4O3S. The molecule has 0 bridgehead atoms. The SMILES string of the molecule is COc1ccc(NC(=O)c2ccc(NC(=S)NCCN3CCOCC3)cc2)cc1. The number of hydrogen-bond donors (Lipinski definition) is 3. The predicted molar refractivity (Wildman–Crippen MR) is 119 cm³/mol. The zero-order chi connectivity index (χ0) is 20.5. The van der Waals surface area contributed by atoms with Crippen LogP contribution in [0.1, 0.15) is 10.4 Å². The molecule has 0 saturated carbocycles. The van der Waals surface area contributed by atoms with Crippen molar-refractivity contribution in [3.63, 3.8) is 0 Å². The molecule has 29 heavy (non-hydrogen) atoms. The van der Waals surface area contributed by atoms with Crippen LogP contribution < -0.4 is 20.7 Å². The summed E-state index contributed by atoms with van der Waals surface area (Å²) >= 11 is 5.34. The normalized spacial score (nSPS) is 14.1. The molecule has 0 radical (unpaired) electrons. The number of thiocarbonyl (C=S) groups is 1. The first-order valence-electron chi connectivity index (χ1n) is 9.54. The van der Waals surface area contributed by atoms with Crippen molar-refractivity contribution < 1.29 is 14.3 Å². The lowest BCUT2D eigenvalue weighted by atomic mass is 10.2. The van der Waals surface area contributed by atoms with Crippen LogP contribution in [0, 0.1) is 0 Å². The molecule has 2 aromatic rings. The van der Waals surface area contributed by atoms with Crippen molar-refractivity contribution in [1.82, 2.24) is 10.2 Å². The molecule has 1 aliphatic rings. The minimum Gasteiger partial charge on any atom is -0.497 e. The molecule has 2 aromatic carbocycles. The Morgan fingerprint density at radius 1 is 1.03 bits per heavy atom. The minimum absolute atomic E-state index is 0.173. The molecule has 0 aromatic heterocycles. The van der Waals surface area contributed by atoms with E-state index >= 15 is 0 Å². The van der Waals surface area contributed by atoms with Crippen LogP contribution in [0.5, 0.6) is 5.75 Å². The van der Waals surface area contributed by atoms with E-state index in [-0.39, 0.29) is 5.91 Å². The van der Waals surface area contributed by atoms with Gasteiger partial charge in [0.05, 0.1) is 20.3 Å². The Kier molecular flexibility index (Phi) is 7.80. The van der Waals surface area contributed by atoms with Gasteiger partial charge in [0.1, 0.15) is 5.75 Å². The number of amides is 1. The quantitative estimate of drug-likeness (QED) is 0.601. The Balaban J connectivity index is 1.43. The van der Waals surface area contributed by atoms with Gasteiger partial charge in [-0.15, -0.1) is 0 Å². The summed E-state index contributed by atoms with van der Waals surface area (Å²) < 4.78 is 10.5. The number of ether oxygens (including phenoxy) is 2. The molecule has 1 fully saturated rings. The Bertz CT molecular complexity index is 806. The second-order valence-electron chi connectivity index (χ2n) is 6.59. The van der Waals surface area contributed by atoms with Gasteiger partial charge in [-0.3, -0.25) is 9.69 Å². The summed E-state index contributed by atoms with van der Waals surface area (Å²) in [6.45, 7) is 5.20. The lowest BCUT2D eigenvalue weighted by Gasteiger charge is -2.26. The van der Waals surface area contributed by atoms with Crippen LogP contribution in [0.15, 0.2) is 48.5 Å². The third-order valence-electron chi connectivity index (χ3n) is 4.57. The molecule has 1 saturated heterocycles. The fraction of sp³-hybridized carbons (Fsp3) is 0.333.